The molecule has 0 unspecified atom stereocenters. The van der Waals surface area contributed by atoms with E-state index >= 15 is 0 Å². The van der Waals surface area contributed by atoms with Crippen molar-refractivity contribution >= 4 is 6.03 Å². The molecule has 7 heteroatoms. The fourth-order valence-corrected chi connectivity index (χ4v) is 2.13. The zero-order chi connectivity index (χ0) is 18.2. The molecule has 2 heterocycles. The van der Waals surface area contributed by atoms with Gasteiger partial charge in [0.2, 0.25) is 5.88 Å². The normalized spacial score (nSPS) is 10.2. The molecule has 2 N–H and O–H groups in total. The van der Waals surface area contributed by atoms with E-state index in [0.29, 0.717) is 24.7 Å². The van der Waals surface area contributed by atoms with Crippen LogP contribution in [0.4, 0.5) is 9.18 Å². The van der Waals surface area contributed by atoms with Crippen LogP contribution in [0.5, 0.6) is 11.6 Å². The summed E-state index contributed by atoms with van der Waals surface area (Å²) in [4.78, 5) is 20.0. The number of nitrogens with one attached hydrogen (secondary N) is 2. The number of halogens is 1. The third-order valence-electron chi connectivity index (χ3n) is 3.46. The number of nitrogens with zero attached hydrogens (tertiary/aromatic N) is 2. The molecule has 0 saturated carbocycles. The first kappa shape index (κ1) is 17.3. The van der Waals surface area contributed by atoms with Crippen LogP contribution in [-0.2, 0) is 13.1 Å². The molecule has 0 saturated heterocycles. The van der Waals surface area contributed by atoms with Crippen LogP contribution in [0.15, 0.2) is 67.1 Å². The Balaban J connectivity index is 1.45. The van der Waals surface area contributed by atoms with E-state index in [1.807, 2.05) is 12.1 Å². The average molecular weight is 352 g/mol. The molecule has 0 atom stereocenters. The van der Waals surface area contributed by atoms with E-state index in [0.717, 1.165) is 11.1 Å². The van der Waals surface area contributed by atoms with Gasteiger partial charge in [-0.3, -0.25) is 4.98 Å². The van der Waals surface area contributed by atoms with Crippen LogP contribution in [-0.4, -0.2) is 16.0 Å². The van der Waals surface area contributed by atoms with Crippen molar-refractivity contribution in [3.63, 3.8) is 0 Å². The van der Waals surface area contributed by atoms with Crippen LogP contribution >= 0.6 is 0 Å². The predicted octanol–water partition coefficient (Wildman–Crippen LogP) is 3.41. The van der Waals surface area contributed by atoms with Gasteiger partial charge in [-0.05, 0) is 41.5 Å². The molecule has 0 aliphatic carbocycles. The SMILES string of the molecule is O=C(NCc1cccnc1)NCc1ccc(Oc2ccc(F)cc2)nc1. The summed E-state index contributed by atoms with van der Waals surface area (Å²) in [6.07, 6.45) is 4.99. The summed E-state index contributed by atoms with van der Waals surface area (Å²) >= 11 is 0. The van der Waals surface area contributed by atoms with Crippen LogP contribution in [0.3, 0.4) is 0 Å². The average Bonchev–Trinajstić information content (AvgIpc) is 2.68. The van der Waals surface area contributed by atoms with E-state index in [4.69, 9.17) is 4.74 Å². The summed E-state index contributed by atoms with van der Waals surface area (Å²) in [5.41, 5.74) is 1.75. The standard InChI is InChI=1S/C19H17FN4O2/c20-16-4-6-17(7-5-16)26-18-8-3-15(11-22-18)13-24-19(25)23-12-14-2-1-9-21-10-14/h1-11H,12-13H2,(H2,23,24,25). The maximum absolute atomic E-state index is 12.9. The Bertz CT molecular complexity index is 840. The van der Waals surface area contributed by atoms with Crippen molar-refractivity contribution in [1.29, 1.82) is 0 Å². The van der Waals surface area contributed by atoms with Gasteiger partial charge in [0.1, 0.15) is 11.6 Å². The molecular formula is C19H17FN4O2. The van der Waals surface area contributed by atoms with Gasteiger partial charge in [-0.25, -0.2) is 14.2 Å². The zero-order valence-electron chi connectivity index (χ0n) is 13.9. The van der Waals surface area contributed by atoms with E-state index in [2.05, 4.69) is 20.6 Å². The molecule has 0 aliphatic heterocycles. The smallest absolute Gasteiger partial charge is 0.315 e. The Hall–Kier alpha value is -3.48. The van der Waals surface area contributed by atoms with Gasteiger partial charge < -0.3 is 15.4 Å². The summed E-state index contributed by atoms with van der Waals surface area (Å²) in [6.45, 7) is 0.741. The van der Waals surface area contributed by atoms with Gasteiger partial charge in [0.15, 0.2) is 0 Å². The lowest BCUT2D eigenvalue weighted by molar-refractivity contribution is 0.240. The monoisotopic (exact) mass is 352 g/mol. The van der Waals surface area contributed by atoms with Crippen LogP contribution in [0.2, 0.25) is 0 Å². The molecule has 0 radical (unpaired) electrons. The van der Waals surface area contributed by atoms with Crippen molar-refractivity contribution in [3.05, 3.63) is 84.1 Å². The van der Waals surface area contributed by atoms with E-state index in [1.54, 1.807) is 30.7 Å². The lowest BCUT2D eigenvalue weighted by atomic mass is 10.3. The van der Waals surface area contributed by atoms with Crippen molar-refractivity contribution < 1.29 is 13.9 Å². The summed E-state index contributed by atoms with van der Waals surface area (Å²) in [5, 5.41) is 5.50. The number of rotatable bonds is 6. The largest absolute Gasteiger partial charge is 0.439 e. The highest BCUT2D eigenvalue weighted by Gasteiger charge is 2.03. The molecule has 1 aromatic carbocycles. The van der Waals surface area contributed by atoms with Gasteiger partial charge in [-0.1, -0.05) is 12.1 Å². The van der Waals surface area contributed by atoms with Gasteiger partial charge in [0.25, 0.3) is 0 Å². The van der Waals surface area contributed by atoms with Crippen LogP contribution < -0.4 is 15.4 Å². The molecule has 0 bridgehead atoms. The van der Waals surface area contributed by atoms with Crippen LogP contribution in [0.25, 0.3) is 0 Å². The summed E-state index contributed by atoms with van der Waals surface area (Å²) in [7, 11) is 0. The maximum atomic E-state index is 12.9. The first-order chi connectivity index (χ1) is 12.7. The van der Waals surface area contributed by atoms with Gasteiger partial charge in [0, 0.05) is 37.7 Å². The molecule has 132 valence electrons. The Morgan fingerprint density at radius 1 is 0.962 bits per heavy atom. The Morgan fingerprint density at radius 2 is 1.69 bits per heavy atom. The number of urea groups is 1. The summed E-state index contributed by atoms with van der Waals surface area (Å²) in [6, 6.07) is 12.6. The molecule has 2 aromatic heterocycles. The van der Waals surface area contributed by atoms with E-state index in [9.17, 15) is 9.18 Å². The van der Waals surface area contributed by atoms with Gasteiger partial charge in [-0.2, -0.15) is 0 Å². The molecule has 0 fully saturated rings. The molecule has 3 aromatic rings. The minimum Gasteiger partial charge on any atom is -0.439 e. The molecule has 26 heavy (non-hydrogen) atoms. The molecule has 0 spiro atoms. The summed E-state index contributed by atoms with van der Waals surface area (Å²) in [5.74, 6) is 0.564. The van der Waals surface area contributed by atoms with Gasteiger partial charge in [0.05, 0.1) is 0 Å². The Kier molecular flexibility index (Phi) is 5.72. The third-order valence-corrected chi connectivity index (χ3v) is 3.46. The number of ether oxygens (including phenoxy) is 1. The minimum atomic E-state index is -0.325. The highest BCUT2D eigenvalue weighted by molar-refractivity contribution is 5.73. The third kappa shape index (κ3) is 5.27. The fraction of sp³-hybridized carbons (Fsp3) is 0.105. The van der Waals surface area contributed by atoms with Crippen molar-refractivity contribution in [1.82, 2.24) is 20.6 Å². The van der Waals surface area contributed by atoms with E-state index in [-0.39, 0.29) is 11.8 Å². The van der Waals surface area contributed by atoms with Gasteiger partial charge in [-0.15, -0.1) is 0 Å². The number of hydrogen-bond donors (Lipinski definition) is 2. The maximum Gasteiger partial charge on any atom is 0.315 e. The minimum absolute atomic E-state index is 0.277. The van der Waals surface area contributed by atoms with Gasteiger partial charge >= 0.3 is 6.03 Å². The zero-order valence-corrected chi connectivity index (χ0v) is 13.9. The quantitative estimate of drug-likeness (QED) is 0.713. The number of amides is 2. The van der Waals surface area contributed by atoms with Crippen molar-refractivity contribution in [2.24, 2.45) is 0 Å². The predicted molar refractivity (Wildman–Crippen MR) is 94.0 cm³/mol. The first-order valence-electron chi connectivity index (χ1n) is 7.98. The second-order valence-corrected chi connectivity index (χ2v) is 5.46. The molecule has 0 aliphatic rings. The number of carbonyl (C=O) groups excluding carboxylic acids is 1. The highest BCUT2D eigenvalue weighted by atomic mass is 19.1. The van der Waals surface area contributed by atoms with Crippen molar-refractivity contribution in [2.45, 2.75) is 13.1 Å². The number of carbonyl (C=O) groups is 1. The van der Waals surface area contributed by atoms with E-state index in [1.165, 1.54) is 24.3 Å². The van der Waals surface area contributed by atoms with E-state index < -0.39 is 0 Å². The van der Waals surface area contributed by atoms with Crippen molar-refractivity contribution in [3.8, 4) is 11.6 Å². The van der Waals surface area contributed by atoms with Crippen LogP contribution in [0.1, 0.15) is 11.1 Å². The molecular weight excluding hydrogens is 335 g/mol. The van der Waals surface area contributed by atoms with Crippen molar-refractivity contribution in [2.75, 3.05) is 0 Å². The topological polar surface area (TPSA) is 76.1 Å². The lowest BCUT2D eigenvalue weighted by Crippen LogP contribution is -2.34. The Morgan fingerprint density at radius 3 is 2.31 bits per heavy atom. The fourth-order valence-electron chi connectivity index (χ4n) is 2.13. The molecule has 3 rings (SSSR count). The molecule has 6 nitrogen and oxygen atoms in total. The first-order valence-corrected chi connectivity index (χ1v) is 7.98. The Labute approximate surface area is 150 Å². The lowest BCUT2D eigenvalue weighted by Gasteiger charge is -2.08. The number of hydrogen-bond acceptors (Lipinski definition) is 4. The second-order valence-electron chi connectivity index (χ2n) is 5.46. The number of benzene rings is 1. The molecule has 2 amide bonds. The summed E-state index contributed by atoms with van der Waals surface area (Å²) < 4.78 is 18.4. The number of aromatic nitrogens is 2. The highest BCUT2D eigenvalue weighted by Crippen LogP contribution is 2.19. The van der Waals surface area contributed by atoms with Crippen LogP contribution in [0, 0.1) is 5.82 Å². The second kappa shape index (κ2) is 8.57. The number of pyridine rings is 2.